The first-order valence-corrected chi connectivity index (χ1v) is 10.7. The quantitative estimate of drug-likeness (QED) is 0.252. The minimum Gasteiger partial charge on any atom is -0.289 e. The van der Waals surface area contributed by atoms with Gasteiger partial charge in [0.2, 0.25) is 0 Å². The number of fused-ring (bicyclic) bond motifs is 1. The van der Waals surface area contributed by atoms with Gasteiger partial charge >= 0.3 is 0 Å². The third-order valence-electron chi connectivity index (χ3n) is 4.38. The van der Waals surface area contributed by atoms with E-state index in [1.165, 1.54) is 33.7 Å². The number of aromatic nitrogens is 3. The van der Waals surface area contributed by atoms with Crippen molar-refractivity contribution in [1.82, 2.24) is 14.1 Å². The third kappa shape index (κ3) is 3.43. The van der Waals surface area contributed by atoms with E-state index in [2.05, 4.69) is 0 Å². The second kappa shape index (κ2) is 7.62. The summed E-state index contributed by atoms with van der Waals surface area (Å²) >= 11 is 8.09. The molecular formula is C20H16FN3OS3. The molecule has 4 nitrogen and oxygen atoms in total. The van der Waals surface area contributed by atoms with Gasteiger partial charge in [-0.2, -0.15) is 0 Å². The summed E-state index contributed by atoms with van der Waals surface area (Å²) in [6.07, 6.45) is 0. The lowest BCUT2D eigenvalue weighted by atomic mass is 10.2. The van der Waals surface area contributed by atoms with Crippen LogP contribution in [0.25, 0.3) is 16.0 Å². The van der Waals surface area contributed by atoms with Crippen LogP contribution in [0.3, 0.4) is 0 Å². The summed E-state index contributed by atoms with van der Waals surface area (Å²) in [4.78, 5) is 17.6. The van der Waals surface area contributed by atoms with Crippen molar-refractivity contribution in [2.45, 2.75) is 17.8 Å². The predicted octanol–water partition coefficient (Wildman–Crippen LogP) is 5.26. The second-order valence-electron chi connectivity index (χ2n) is 6.33. The summed E-state index contributed by atoms with van der Waals surface area (Å²) < 4.78 is 18.3. The minimum atomic E-state index is -0.265. The van der Waals surface area contributed by atoms with Crippen LogP contribution in [-0.2, 0) is 12.8 Å². The lowest BCUT2D eigenvalue weighted by Gasteiger charge is -2.09. The van der Waals surface area contributed by atoms with Crippen molar-refractivity contribution in [1.29, 1.82) is 0 Å². The summed E-state index contributed by atoms with van der Waals surface area (Å²) in [5, 5.41) is 0.523. The monoisotopic (exact) mass is 429 g/mol. The molecule has 0 saturated carbocycles. The number of thiazole rings is 1. The second-order valence-corrected chi connectivity index (χ2v) is 8.92. The molecule has 2 aromatic heterocycles. The predicted molar refractivity (Wildman–Crippen MR) is 116 cm³/mol. The van der Waals surface area contributed by atoms with Gasteiger partial charge in [0.1, 0.15) is 10.5 Å². The van der Waals surface area contributed by atoms with Gasteiger partial charge in [0, 0.05) is 18.5 Å². The zero-order valence-electron chi connectivity index (χ0n) is 15.2. The molecule has 0 radical (unpaired) electrons. The molecule has 4 rings (SSSR count). The molecule has 0 amide bonds. The number of thioether (sulfide) groups is 1. The molecule has 0 atom stereocenters. The summed E-state index contributed by atoms with van der Waals surface area (Å²) in [7, 11) is 1.68. The van der Waals surface area contributed by atoms with E-state index in [9.17, 15) is 9.18 Å². The molecule has 0 bridgehead atoms. The normalized spacial score (nSPS) is 11.2. The van der Waals surface area contributed by atoms with Crippen molar-refractivity contribution in [3.63, 3.8) is 0 Å². The van der Waals surface area contributed by atoms with E-state index in [0.717, 1.165) is 11.3 Å². The summed E-state index contributed by atoms with van der Waals surface area (Å²) in [5.74, 6) is 0.118. The maximum atomic E-state index is 13.9. The van der Waals surface area contributed by atoms with Gasteiger partial charge < -0.3 is 0 Å². The van der Waals surface area contributed by atoms with Crippen molar-refractivity contribution < 1.29 is 4.39 Å². The molecular weight excluding hydrogens is 413 g/mol. The van der Waals surface area contributed by atoms with Crippen molar-refractivity contribution >= 4 is 45.7 Å². The zero-order chi connectivity index (χ0) is 19.8. The highest BCUT2D eigenvalue weighted by Crippen LogP contribution is 2.27. The van der Waals surface area contributed by atoms with E-state index in [4.69, 9.17) is 17.2 Å². The summed E-state index contributed by atoms with van der Waals surface area (Å²) in [6, 6.07) is 14.5. The number of rotatable bonds is 4. The first kappa shape index (κ1) is 19.0. The Kier molecular flexibility index (Phi) is 5.18. The van der Waals surface area contributed by atoms with Crippen LogP contribution < -0.4 is 5.56 Å². The Bertz CT molecular complexity index is 1290. The van der Waals surface area contributed by atoms with E-state index in [0.29, 0.717) is 30.8 Å². The smallest absolute Gasteiger partial charge is 0.273 e. The van der Waals surface area contributed by atoms with Crippen LogP contribution in [0.5, 0.6) is 0 Å². The molecule has 0 saturated heterocycles. The molecule has 0 aliphatic carbocycles. The van der Waals surface area contributed by atoms with Gasteiger partial charge in [-0.3, -0.25) is 13.9 Å². The highest BCUT2D eigenvalue weighted by molar-refractivity contribution is 7.98. The highest BCUT2D eigenvalue weighted by Gasteiger charge is 2.16. The number of hydrogen-bond acceptors (Lipinski definition) is 5. The zero-order valence-corrected chi connectivity index (χ0v) is 17.6. The number of hydrogen-bond donors (Lipinski definition) is 0. The van der Waals surface area contributed by atoms with Crippen molar-refractivity contribution in [3.8, 4) is 5.69 Å². The molecule has 142 valence electrons. The Balaban J connectivity index is 1.82. The maximum Gasteiger partial charge on any atom is 0.273 e. The Morgan fingerprint density at radius 1 is 1.18 bits per heavy atom. The van der Waals surface area contributed by atoms with Gasteiger partial charge in [0.25, 0.3) is 5.56 Å². The van der Waals surface area contributed by atoms with Gasteiger partial charge in [0.05, 0.1) is 0 Å². The van der Waals surface area contributed by atoms with Crippen LogP contribution in [0.15, 0.2) is 58.5 Å². The number of nitrogens with zero attached hydrogens (tertiary/aromatic N) is 3. The fourth-order valence-corrected chi connectivity index (χ4v) is 5.12. The van der Waals surface area contributed by atoms with Crippen LogP contribution >= 0.6 is 35.3 Å². The van der Waals surface area contributed by atoms with E-state index in [1.54, 1.807) is 25.2 Å². The van der Waals surface area contributed by atoms with Gasteiger partial charge in [-0.05, 0) is 42.9 Å². The van der Waals surface area contributed by atoms with E-state index in [1.807, 2.05) is 35.8 Å². The fourth-order valence-electron chi connectivity index (χ4n) is 2.82. The molecule has 0 fully saturated rings. The third-order valence-corrected chi connectivity index (χ3v) is 6.81. The van der Waals surface area contributed by atoms with Crippen LogP contribution in [0, 0.1) is 16.7 Å². The van der Waals surface area contributed by atoms with Gasteiger partial charge in [-0.25, -0.2) is 9.37 Å². The Morgan fingerprint density at radius 2 is 1.89 bits per heavy atom. The van der Waals surface area contributed by atoms with E-state index in [-0.39, 0.29) is 11.4 Å². The van der Waals surface area contributed by atoms with E-state index < -0.39 is 0 Å². The standard InChI is InChI=1S/C20H16FN3OS3/c1-12-7-9-14(10-8-12)24-17-16(28-20(24)26)18(25)23(2)19(22-17)27-11-13-5-3-4-6-15(13)21/h3-10H,11H2,1-2H3. The van der Waals surface area contributed by atoms with Crippen molar-refractivity contribution in [2.75, 3.05) is 0 Å². The Labute approximate surface area is 174 Å². The lowest BCUT2D eigenvalue weighted by Crippen LogP contribution is -2.19. The van der Waals surface area contributed by atoms with Crippen molar-refractivity contribution in [2.24, 2.45) is 7.05 Å². The molecule has 0 N–H and O–H groups in total. The largest absolute Gasteiger partial charge is 0.289 e. The van der Waals surface area contributed by atoms with Crippen LogP contribution in [0.4, 0.5) is 4.39 Å². The average molecular weight is 430 g/mol. The molecule has 2 aromatic carbocycles. The molecule has 4 aromatic rings. The fraction of sp³-hybridized carbons (Fsp3) is 0.150. The maximum absolute atomic E-state index is 13.9. The SMILES string of the molecule is Cc1ccc(-n2c(=S)sc3c(=O)n(C)c(SCc4ccccc4F)nc32)cc1. The number of halogens is 1. The molecule has 0 spiro atoms. The molecule has 0 aliphatic heterocycles. The first-order valence-electron chi connectivity index (χ1n) is 8.51. The molecule has 0 aliphatic rings. The molecule has 28 heavy (non-hydrogen) atoms. The van der Waals surface area contributed by atoms with Crippen LogP contribution in [0.1, 0.15) is 11.1 Å². The summed E-state index contributed by atoms with van der Waals surface area (Å²) in [5.41, 5.74) is 2.97. The van der Waals surface area contributed by atoms with Gasteiger partial charge in [0.15, 0.2) is 14.8 Å². The Hall–Kier alpha value is -2.29. The first-order chi connectivity index (χ1) is 13.5. The molecule has 8 heteroatoms. The number of aryl methyl sites for hydroxylation is 1. The number of benzene rings is 2. The minimum absolute atomic E-state index is 0.150. The van der Waals surface area contributed by atoms with Gasteiger partial charge in [-0.1, -0.05) is 59.0 Å². The van der Waals surface area contributed by atoms with Crippen LogP contribution in [-0.4, -0.2) is 14.1 Å². The Morgan fingerprint density at radius 3 is 2.61 bits per heavy atom. The topological polar surface area (TPSA) is 39.8 Å². The molecule has 0 unspecified atom stereocenters. The average Bonchev–Trinajstić information content (AvgIpc) is 3.01. The highest BCUT2D eigenvalue weighted by atomic mass is 32.2. The summed E-state index contributed by atoms with van der Waals surface area (Å²) in [6.45, 7) is 2.01. The lowest BCUT2D eigenvalue weighted by molar-refractivity contribution is 0.617. The van der Waals surface area contributed by atoms with Gasteiger partial charge in [-0.15, -0.1) is 0 Å². The van der Waals surface area contributed by atoms with E-state index >= 15 is 0 Å². The molecule has 2 heterocycles. The van der Waals surface area contributed by atoms with Crippen molar-refractivity contribution in [3.05, 3.63) is 79.8 Å². The van der Waals surface area contributed by atoms with Crippen LogP contribution in [0.2, 0.25) is 0 Å².